The Hall–Kier alpha value is -1.70. The summed E-state index contributed by atoms with van der Waals surface area (Å²) in [5.41, 5.74) is 0.867. The van der Waals surface area contributed by atoms with Gasteiger partial charge in [-0.1, -0.05) is 54.3 Å². The van der Waals surface area contributed by atoms with Crippen molar-refractivity contribution < 1.29 is 14.7 Å². The van der Waals surface area contributed by atoms with Crippen LogP contribution in [0, 0.1) is 0 Å². The highest BCUT2D eigenvalue weighted by atomic mass is 32.2. The van der Waals surface area contributed by atoms with E-state index in [0.29, 0.717) is 4.91 Å². The van der Waals surface area contributed by atoms with E-state index in [0.717, 1.165) is 22.2 Å². The normalized spacial score (nSPS) is 16.6. The van der Waals surface area contributed by atoms with E-state index in [-0.39, 0.29) is 10.5 Å². The molecule has 1 saturated heterocycles. The zero-order chi connectivity index (χ0) is 13.1. The van der Waals surface area contributed by atoms with Crippen molar-refractivity contribution in [1.82, 2.24) is 11.1 Å². The van der Waals surface area contributed by atoms with Crippen LogP contribution in [0.5, 0.6) is 0 Å². The minimum atomic E-state index is -1.33. The summed E-state index contributed by atoms with van der Waals surface area (Å²) >= 11 is 6.06. The van der Waals surface area contributed by atoms with Crippen molar-refractivity contribution in [2.24, 2.45) is 0 Å². The lowest BCUT2D eigenvalue weighted by Gasteiger charge is -2.14. The van der Waals surface area contributed by atoms with Crippen LogP contribution in [0.1, 0.15) is 5.56 Å². The largest absolute Gasteiger partial charge is 0.548 e. The third-order valence-electron chi connectivity index (χ3n) is 2.26. The molecule has 1 aliphatic rings. The minimum Gasteiger partial charge on any atom is -0.548 e. The molecule has 100 valence electrons. The molecular weight excluding hydrogens is 284 g/mol. The zero-order valence-corrected chi connectivity index (χ0v) is 11.8. The lowest BCUT2D eigenvalue weighted by molar-refractivity contribution is -0.305. The summed E-state index contributed by atoms with van der Waals surface area (Å²) in [4.78, 5) is 23.9. The van der Waals surface area contributed by atoms with Crippen LogP contribution in [0.4, 0.5) is 0 Å². The molecule has 4 N–H and O–H groups in total. The Bertz CT molecular complexity index is 543. The fraction of sp³-hybridized carbons (Fsp3) is 0.0833. The number of carboxylic acid groups (broad SMARTS) is 1. The van der Waals surface area contributed by atoms with E-state index in [1.165, 1.54) is 0 Å². The average molecular weight is 296 g/mol. The van der Waals surface area contributed by atoms with Crippen LogP contribution in [-0.2, 0) is 9.59 Å². The molecule has 0 radical (unpaired) electrons. The fourth-order valence-corrected chi connectivity index (χ4v) is 2.72. The van der Waals surface area contributed by atoms with Crippen LogP contribution in [0.2, 0.25) is 0 Å². The highest BCUT2D eigenvalue weighted by molar-refractivity contribution is 8.26. The van der Waals surface area contributed by atoms with Crippen LogP contribution in [0.3, 0.4) is 0 Å². The number of aliphatic carboxylic acids is 1. The minimum absolute atomic E-state index is 0. The van der Waals surface area contributed by atoms with Gasteiger partial charge >= 0.3 is 0 Å². The summed E-state index contributed by atoms with van der Waals surface area (Å²) in [5.74, 6) is -1.72. The second-order valence-corrected chi connectivity index (χ2v) is 5.23. The van der Waals surface area contributed by atoms with Gasteiger partial charge in [-0.05, 0) is 11.6 Å². The molecule has 7 heteroatoms. The molecule has 0 aromatic heterocycles. The number of benzene rings is 1. The van der Waals surface area contributed by atoms with Gasteiger partial charge in [0.2, 0.25) is 0 Å². The van der Waals surface area contributed by atoms with Gasteiger partial charge in [0, 0.05) is 0 Å². The number of carbonyl (C=O) groups is 2. The first kappa shape index (κ1) is 15.4. The van der Waals surface area contributed by atoms with E-state index < -0.39 is 18.4 Å². The summed E-state index contributed by atoms with van der Waals surface area (Å²) in [6.07, 6.45) is 1.69. The van der Waals surface area contributed by atoms with E-state index in [1.807, 2.05) is 30.3 Å². The second-order valence-electron chi connectivity index (χ2n) is 3.55. The Kier molecular flexibility index (Phi) is 5.22. The third-order valence-corrected chi connectivity index (χ3v) is 3.64. The number of quaternary nitrogens is 1. The van der Waals surface area contributed by atoms with Crippen molar-refractivity contribution in [2.75, 3.05) is 6.54 Å². The Labute approximate surface area is 119 Å². The van der Waals surface area contributed by atoms with E-state index >= 15 is 0 Å². The zero-order valence-electron chi connectivity index (χ0n) is 10.2. The van der Waals surface area contributed by atoms with Crippen molar-refractivity contribution >= 4 is 46.3 Å². The van der Waals surface area contributed by atoms with Gasteiger partial charge in [0.25, 0.3) is 5.91 Å². The van der Waals surface area contributed by atoms with Crippen molar-refractivity contribution in [3.63, 3.8) is 0 Å². The third kappa shape index (κ3) is 3.63. The molecule has 0 saturated carbocycles. The van der Waals surface area contributed by atoms with Gasteiger partial charge < -0.3 is 16.1 Å². The molecule has 0 atom stereocenters. The van der Waals surface area contributed by atoms with Gasteiger partial charge in [-0.15, -0.1) is 0 Å². The maximum Gasteiger partial charge on any atom is 0.266 e. The van der Waals surface area contributed by atoms with Crippen molar-refractivity contribution in [3.05, 3.63) is 40.8 Å². The maximum atomic E-state index is 11.9. The van der Waals surface area contributed by atoms with Crippen molar-refractivity contribution in [3.8, 4) is 0 Å². The summed E-state index contributed by atoms with van der Waals surface area (Å²) in [6, 6.07) is 9.29. The van der Waals surface area contributed by atoms with Gasteiger partial charge in [0.1, 0.15) is 4.32 Å². The van der Waals surface area contributed by atoms with Gasteiger partial charge in [0.15, 0.2) is 0 Å². The molecule has 0 aliphatic carbocycles. The topological polar surface area (TPSA) is 96.9 Å². The first-order valence-corrected chi connectivity index (χ1v) is 6.30. The molecule has 1 aromatic carbocycles. The quantitative estimate of drug-likeness (QED) is 0.663. The Morgan fingerprint density at radius 3 is 2.58 bits per heavy atom. The van der Waals surface area contributed by atoms with E-state index in [4.69, 9.17) is 12.2 Å². The van der Waals surface area contributed by atoms with E-state index in [9.17, 15) is 14.7 Å². The SMILES string of the molecule is O=C([O-])CN1C(=O)/C(=C\c2ccccc2)SC1=S.[NH4+]. The number of rotatable bonds is 3. The summed E-state index contributed by atoms with van der Waals surface area (Å²) in [6.45, 7) is -0.503. The van der Waals surface area contributed by atoms with Crippen LogP contribution in [0.15, 0.2) is 35.2 Å². The van der Waals surface area contributed by atoms with Crippen LogP contribution in [0.25, 0.3) is 6.08 Å². The molecule has 0 bridgehead atoms. The molecule has 1 amide bonds. The van der Waals surface area contributed by atoms with Crippen molar-refractivity contribution in [1.29, 1.82) is 0 Å². The number of carboxylic acids is 1. The van der Waals surface area contributed by atoms with Crippen LogP contribution >= 0.6 is 24.0 Å². The predicted octanol–water partition coefficient (Wildman–Crippen LogP) is 1.01. The highest BCUT2D eigenvalue weighted by Gasteiger charge is 2.31. The smallest absolute Gasteiger partial charge is 0.266 e. The molecule has 1 aromatic rings. The molecular formula is C12H12N2O3S2. The lowest BCUT2D eigenvalue weighted by Crippen LogP contribution is -2.40. The number of hydrogen-bond donors (Lipinski definition) is 1. The highest BCUT2D eigenvalue weighted by Crippen LogP contribution is 2.32. The second kappa shape index (κ2) is 6.46. The van der Waals surface area contributed by atoms with Gasteiger partial charge in [0.05, 0.1) is 17.4 Å². The number of amides is 1. The van der Waals surface area contributed by atoms with E-state index in [2.05, 4.69) is 0 Å². The lowest BCUT2D eigenvalue weighted by atomic mass is 10.2. The number of hydrogen-bond acceptors (Lipinski definition) is 5. The summed E-state index contributed by atoms with van der Waals surface area (Å²) < 4.78 is 0.242. The molecule has 1 aliphatic heterocycles. The Morgan fingerprint density at radius 2 is 2.00 bits per heavy atom. The van der Waals surface area contributed by atoms with Gasteiger partial charge in [-0.3, -0.25) is 9.69 Å². The van der Waals surface area contributed by atoms with Crippen LogP contribution in [-0.4, -0.2) is 27.6 Å². The standard InChI is InChI=1S/C12H9NO3S2.H3N/c14-10(15)7-13-11(16)9(18-12(13)17)6-8-4-2-1-3-5-8;/h1-6H,7H2,(H,14,15);1H3/b9-6+;. The summed E-state index contributed by atoms with van der Waals surface area (Å²) in [7, 11) is 0. The Morgan fingerprint density at radius 1 is 1.37 bits per heavy atom. The van der Waals surface area contributed by atoms with Gasteiger partial charge in [-0.25, -0.2) is 0 Å². The molecule has 5 nitrogen and oxygen atoms in total. The molecule has 0 spiro atoms. The monoisotopic (exact) mass is 296 g/mol. The van der Waals surface area contributed by atoms with Crippen LogP contribution < -0.4 is 11.3 Å². The average Bonchev–Trinajstić information content (AvgIpc) is 2.58. The molecule has 1 heterocycles. The van der Waals surface area contributed by atoms with Crippen molar-refractivity contribution in [2.45, 2.75) is 0 Å². The number of thiocarbonyl (C=S) groups is 1. The maximum absolute atomic E-state index is 11.9. The number of carbonyl (C=O) groups excluding carboxylic acids is 2. The Balaban J connectivity index is 0.00000180. The number of nitrogens with zero attached hydrogens (tertiary/aromatic N) is 1. The first-order chi connectivity index (χ1) is 8.58. The number of thioether (sulfide) groups is 1. The molecule has 0 unspecified atom stereocenters. The van der Waals surface area contributed by atoms with E-state index in [1.54, 1.807) is 6.08 Å². The first-order valence-electron chi connectivity index (χ1n) is 5.08. The summed E-state index contributed by atoms with van der Waals surface area (Å²) in [5, 5.41) is 10.5. The molecule has 2 rings (SSSR count). The fourth-order valence-electron chi connectivity index (χ4n) is 1.47. The predicted molar refractivity (Wildman–Crippen MR) is 77.3 cm³/mol. The van der Waals surface area contributed by atoms with Gasteiger partial charge in [-0.2, -0.15) is 0 Å². The molecule has 1 fully saturated rings. The molecule has 19 heavy (non-hydrogen) atoms.